The van der Waals surface area contributed by atoms with Crippen molar-refractivity contribution in [2.45, 2.75) is 13.3 Å². The van der Waals surface area contributed by atoms with Crippen LogP contribution in [0.25, 0.3) is 21.9 Å². The number of halogens is 1. The average Bonchev–Trinajstić information content (AvgIpc) is 2.60. The minimum Gasteiger partial charge on any atom is -0.618 e. The summed E-state index contributed by atoms with van der Waals surface area (Å²) in [6, 6.07) is 5.33. The molecule has 3 N–H and O–H groups in total. The van der Waals surface area contributed by atoms with E-state index >= 15 is 0 Å². The molecule has 0 fully saturated rings. The average molecular weight is 358 g/mol. The van der Waals surface area contributed by atoms with Crippen LogP contribution in [0.1, 0.15) is 23.8 Å². The Bertz CT molecular complexity index is 961. The van der Waals surface area contributed by atoms with Crippen LogP contribution in [0.15, 0.2) is 36.9 Å². The zero-order chi connectivity index (χ0) is 18.0. The van der Waals surface area contributed by atoms with Crippen LogP contribution >= 0.6 is 11.6 Å². The molecule has 2 aromatic heterocycles. The number of nitrogens with two attached hydrogens (primary N) is 1. The van der Waals surface area contributed by atoms with Crippen LogP contribution in [0.2, 0.25) is 5.15 Å². The van der Waals surface area contributed by atoms with Gasteiger partial charge in [-0.1, -0.05) is 36.7 Å². The molecular formula is C17H16ClN5O2. The third-order valence-corrected chi connectivity index (χ3v) is 4.12. The lowest BCUT2D eigenvalue weighted by atomic mass is 10.00. The third kappa shape index (κ3) is 3.06. The zero-order valence-corrected chi connectivity index (χ0v) is 14.2. The molecule has 0 unspecified atom stereocenters. The zero-order valence-electron chi connectivity index (χ0n) is 13.5. The van der Waals surface area contributed by atoms with Gasteiger partial charge in [-0.15, -0.1) is 0 Å². The van der Waals surface area contributed by atoms with Crippen molar-refractivity contribution in [3.8, 4) is 11.1 Å². The fourth-order valence-corrected chi connectivity index (χ4v) is 2.84. The maximum absolute atomic E-state index is 12.4. The number of carbonyl (C=O) groups is 1. The lowest BCUT2D eigenvalue weighted by Crippen LogP contribution is -2.40. The fraction of sp³-hybridized carbons (Fsp3) is 0.176. The number of anilines is 1. The van der Waals surface area contributed by atoms with Gasteiger partial charge in [0.05, 0.1) is 5.39 Å². The van der Waals surface area contributed by atoms with E-state index in [9.17, 15) is 10.0 Å². The van der Waals surface area contributed by atoms with Crippen molar-refractivity contribution >= 4 is 34.0 Å². The molecule has 0 bridgehead atoms. The Kier molecular flexibility index (Phi) is 4.67. The highest BCUT2D eigenvalue weighted by molar-refractivity contribution is 6.32. The van der Waals surface area contributed by atoms with E-state index in [2.05, 4.69) is 15.3 Å². The van der Waals surface area contributed by atoms with Crippen LogP contribution in [0, 0.1) is 5.21 Å². The molecule has 2 heterocycles. The van der Waals surface area contributed by atoms with E-state index in [1.807, 2.05) is 6.92 Å². The summed E-state index contributed by atoms with van der Waals surface area (Å²) in [5.74, 6) is -0.497. The quantitative estimate of drug-likeness (QED) is 0.423. The molecule has 3 rings (SSSR count). The Balaban J connectivity index is 2.22. The smallest absolute Gasteiger partial charge is 0.319 e. The van der Waals surface area contributed by atoms with Gasteiger partial charge in [-0.05, 0) is 6.42 Å². The number of hydrogen-bond acceptors (Lipinski definition) is 5. The van der Waals surface area contributed by atoms with Crippen LogP contribution in [0.4, 0.5) is 5.69 Å². The van der Waals surface area contributed by atoms with Gasteiger partial charge >= 0.3 is 11.6 Å². The molecule has 0 saturated carbocycles. The van der Waals surface area contributed by atoms with Gasteiger partial charge in [0.1, 0.15) is 17.2 Å². The van der Waals surface area contributed by atoms with Gasteiger partial charge in [0, 0.05) is 29.3 Å². The molecule has 3 aromatic rings. The highest BCUT2D eigenvalue weighted by Gasteiger charge is 2.24. The molecular weight excluding hydrogens is 342 g/mol. The molecule has 0 aliphatic rings. The summed E-state index contributed by atoms with van der Waals surface area (Å²) in [6.07, 6.45) is 4.99. The summed E-state index contributed by atoms with van der Waals surface area (Å²) in [6.45, 7) is 2.39. The Morgan fingerprint density at radius 2 is 2.16 bits per heavy atom. The Hall–Kier alpha value is -2.93. The minimum atomic E-state index is -0.497. The standard InChI is InChI=1S/C17H16ClN5O2/c1-2-6-21-17(24)15-14(19)11-5-3-4-10(13(11)8-23(15)25)12-7-20-9-22-16(12)18/h3-5,7-9H,2,6,19H2,1H3,(H,21,24). The first-order chi connectivity index (χ1) is 12.0. The molecule has 7 nitrogen and oxygen atoms in total. The predicted octanol–water partition coefficient (Wildman–Crippen LogP) is 2.31. The molecule has 1 aromatic carbocycles. The normalized spacial score (nSPS) is 10.8. The second-order valence-corrected chi connectivity index (χ2v) is 5.83. The largest absolute Gasteiger partial charge is 0.618 e. The monoisotopic (exact) mass is 357 g/mol. The van der Waals surface area contributed by atoms with Crippen LogP contribution in [-0.2, 0) is 0 Å². The van der Waals surface area contributed by atoms with Gasteiger partial charge in [-0.3, -0.25) is 4.79 Å². The molecule has 1 amide bonds. The number of nitrogen functional groups attached to an aromatic ring is 1. The molecule has 0 spiro atoms. The summed E-state index contributed by atoms with van der Waals surface area (Å²) in [4.78, 5) is 20.2. The lowest BCUT2D eigenvalue weighted by Gasteiger charge is -2.12. The SMILES string of the molecule is CCCNC(=O)c1c(N)c2cccc(-c3cncnc3Cl)c2c[n+]1[O-]. The van der Waals surface area contributed by atoms with Crippen LogP contribution in [-0.4, -0.2) is 22.4 Å². The number of hydrogen-bond donors (Lipinski definition) is 2. The number of amides is 1. The van der Waals surface area contributed by atoms with Crippen molar-refractivity contribution in [1.82, 2.24) is 15.3 Å². The minimum absolute atomic E-state index is 0.117. The van der Waals surface area contributed by atoms with E-state index in [1.165, 1.54) is 12.5 Å². The van der Waals surface area contributed by atoms with Gasteiger partial charge in [0.25, 0.3) is 0 Å². The number of fused-ring (bicyclic) bond motifs is 1. The van der Waals surface area contributed by atoms with E-state index in [-0.39, 0.29) is 16.5 Å². The number of carbonyl (C=O) groups excluding carboxylic acids is 1. The summed E-state index contributed by atoms with van der Waals surface area (Å²) in [5, 5.41) is 16.5. The van der Waals surface area contributed by atoms with Crippen molar-refractivity contribution in [3.05, 3.63) is 53.0 Å². The number of aromatic nitrogens is 3. The van der Waals surface area contributed by atoms with Crippen LogP contribution in [0.3, 0.4) is 0 Å². The maximum atomic E-state index is 12.4. The Morgan fingerprint density at radius 1 is 1.36 bits per heavy atom. The number of rotatable bonds is 4. The highest BCUT2D eigenvalue weighted by atomic mass is 35.5. The van der Waals surface area contributed by atoms with Crippen molar-refractivity contribution in [3.63, 3.8) is 0 Å². The van der Waals surface area contributed by atoms with Gasteiger partial charge < -0.3 is 16.3 Å². The number of nitrogens with one attached hydrogen (secondary N) is 1. The van der Waals surface area contributed by atoms with E-state index in [0.717, 1.165) is 6.42 Å². The van der Waals surface area contributed by atoms with E-state index in [1.54, 1.807) is 24.4 Å². The summed E-state index contributed by atoms with van der Waals surface area (Å²) in [5.41, 5.74) is 7.38. The number of pyridine rings is 1. The van der Waals surface area contributed by atoms with Crippen molar-refractivity contribution < 1.29 is 9.52 Å². The topological polar surface area (TPSA) is 108 Å². The number of benzene rings is 1. The van der Waals surface area contributed by atoms with Gasteiger partial charge in [-0.25, -0.2) is 9.97 Å². The molecule has 25 heavy (non-hydrogen) atoms. The second-order valence-electron chi connectivity index (χ2n) is 5.47. The molecule has 128 valence electrons. The van der Waals surface area contributed by atoms with Gasteiger partial charge in [0.15, 0.2) is 6.20 Å². The number of nitrogens with zero attached hydrogens (tertiary/aromatic N) is 3. The first kappa shape index (κ1) is 16.9. The molecule has 8 heteroatoms. The van der Waals surface area contributed by atoms with Gasteiger partial charge in [-0.2, -0.15) is 4.73 Å². The third-order valence-electron chi connectivity index (χ3n) is 3.82. The fourth-order valence-electron chi connectivity index (χ4n) is 2.64. The first-order valence-corrected chi connectivity index (χ1v) is 8.10. The molecule has 0 saturated heterocycles. The molecule has 0 radical (unpaired) electrons. The first-order valence-electron chi connectivity index (χ1n) is 7.73. The summed E-state index contributed by atoms with van der Waals surface area (Å²) >= 11 is 6.15. The van der Waals surface area contributed by atoms with E-state index in [4.69, 9.17) is 17.3 Å². The molecule has 0 aliphatic heterocycles. The van der Waals surface area contributed by atoms with Crippen LogP contribution in [0.5, 0.6) is 0 Å². The highest BCUT2D eigenvalue weighted by Crippen LogP contribution is 2.33. The van der Waals surface area contributed by atoms with Gasteiger partial charge in [0.2, 0.25) is 0 Å². The van der Waals surface area contributed by atoms with Crippen molar-refractivity contribution in [1.29, 1.82) is 0 Å². The maximum Gasteiger partial charge on any atom is 0.319 e. The predicted molar refractivity (Wildman–Crippen MR) is 96.0 cm³/mol. The Morgan fingerprint density at radius 3 is 2.88 bits per heavy atom. The van der Waals surface area contributed by atoms with Crippen molar-refractivity contribution in [2.24, 2.45) is 0 Å². The van der Waals surface area contributed by atoms with Crippen molar-refractivity contribution in [2.75, 3.05) is 12.3 Å². The summed E-state index contributed by atoms with van der Waals surface area (Å²) in [7, 11) is 0. The second kappa shape index (κ2) is 6.90. The van der Waals surface area contributed by atoms with E-state index < -0.39 is 5.91 Å². The summed E-state index contributed by atoms with van der Waals surface area (Å²) < 4.78 is 0.490. The molecule has 0 aliphatic carbocycles. The lowest BCUT2D eigenvalue weighted by molar-refractivity contribution is -0.605. The van der Waals surface area contributed by atoms with E-state index in [0.29, 0.717) is 33.2 Å². The molecule has 0 atom stereocenters. The Labute approximate surface area is 149 Å². The van der Waals surface area contributed by atoms with Crippen LogP contribution < -0.4 is 15.8 Å².